The van der Waals surface area contributed by atoms with Crippen LogP contribution in [0.3, 0.4) is 0 Å². The van der Waals surface area contributed by atoms with E-state index in [1.807, 2.05) is 27.1 Å². The normalized spacial score (nSPS) is 11.2. The molecule has 0 aliphatic heterocycles. The number of nitrogens with one attached hydrogen (secondary N) is 1. The van der Waals surface area contributed by atoms with Gasteiger partial charge in [0.15, 0.2) is 0 Å². The predicted molar refractivity (Wildman–Crippen MR) is 53.5 cm³/mol. The van der Waals surface area contributed by atoms with Gasteiger partial charge < -0.3 is 5.32 Å². The molecule has 0 radical (unpaired) electrons. The third-order valence-corrected chi connectivity index (χ3v) is 3.04. The molecule has 0 aliphatic rings. The summed E-state index contributed by atoms with van der Waals surface area (Å²) < 4.78 is 0. The topological polar surface area (TPSA) is 48.7 Å². The molecule has 0 saturated heterocycles. The van der Waals surface area contributed by atoms with E-state index in [-0.39, 0.29) is 0 Å². The maximum Gasteiger partial charge on any atom is 0.113 e. The zero-order valence-electron chi connectivity index (χ0n) is 8.09. The molecule has 0 unspecified atom stereocenters. The third-order valence-electron chi connectivity index (χ3n) is 1.72. The van der Waals surface area contributed by atoms with Crippen molar-refractivity contribution in [3.8, 4) is 6.07 Å². The van der Waals surface area contributed by atoms with E-state index in [1.54, 1.807) is 11.3 Å². The van der Waals surface area contributed by atoms with Gasteiger partial charge in [0, 0.05) is 17.6 Å². The van der Waals surface area contributed by atoms with Crippen LogP contribution in [-0.2, 0) is 12.0 Å². The molecule has 0 bridgehead atoms. The van der Waals surface area contributed by atoms with E-state index in [0.29, 0.717) is 0 Å². The van der Waals surface area contributed by atoms with Crippen LogP contribution in [0.5, 0.6) is 0 Å². The van der Waals surface area contributed by atoms with Gasteiger partial charge in [-0.2, -0.15) is 5.26 Å². The summed E-state index contributed by atoms with van der Waals surface area (Å²) in [5, 5.41) is 12.8. The predicted octanol–water partition coefficient (Wildman–Crippen LogP) is 1.66. The van der Waals surface area contributed by atoms with E-state index in [0.717, 1.165) is 11.6 Å². The van der Waals surface area contributed by atoms with Crippen LogP contribution in [0, 0.1) is 11.3 Å². The third kappa shape index (κ3) is 2.27. The highest BCUT2D eigenvalue weighted by Crippen LogP contribution is 2.26. The van der Waals surface area contributed by atoms with Gasteiger partial charge in [-0.25, -0.2) is 4.98 Å². The molecule has 0 amide bonds. The van der Waals surface area contributed by atoms with Crippen molar-refractivity contribution in [2.75, 3.05) is 7.05 Å². The van der Waals surface area contributed by atoms with E-state index >= 15 is 0 Å². The fourth-order valence-electron chi connectivity index (χ4n) is 0.900. The largest absolute Gasteiger partial charge is 0.315 e. The minimum Gasteiger partial charge on any atom is -0.315 e. The molecule has 0 spiro atoms. The Morgan fingerprint density at radius 1 is 1.69 bits per heavy atom. The first kappa shape index (κ1) is 10.2. The Balaban J connectivity index is 2.87. The van der Waals surface area contributed by atoms with Gasteiger partial charge in [0.05, 0.1) is 6.07 Å². The van der Waals surface area contributed by atoms with E-state index in [1.165, 1.54) is 4.88 Å². The molecule has 1 heterocycles. The van der Waals surface area contributed by atoms with Crippen molar-refractivity contribution in [2.45, 2.75) is 25.8 Å². The molecule has 70 valence electrons. The van der Waals surface area contributed by atoms with Crippen molar-refractivity contribution in [2.24, 2.45) is 0 Å². The number of thiazole rings is 1. The van der Waals surface area contributed by atoms with Gasteiger partial charge in [0.1, 0.15) is 10.4 Å². The highest BCUT2D eigenvalue weighted by atomic mass is 32.1. The number of hydrogen-bond donors (Lipinski definition) is 1. The summed E-state index contributed by atoms with van der Waals surface area (Å²) in [5.74, 6) is 0. The number of hydrogen-bond acceptors (Lipinski definition) is 4. The fourth-order valence-corrected chi connectivity index (χ4v) is 1.88. The molecule has 3 nitrogen and oxygen atoms in total. The molecule has 1 N–H and O–H groups in total. The first-order valence-corrected chi connectivity index (χ1v) is 4.93. The van der Waals surface area contributed by atoms with Gasteiger partial charge in [0.2, 0.25) is 0 Å². The van der Waals surface area contributed by atoms with Crippen LogP contribution in [0.15, 0.2) is 6.20 Å². The first-order valence-electron chi connectivity index (χ1n) is 4.11. The van der Waals surface area contributed by atoms with Crippen molar-refractivity contribution < 1.29 is 0 Å². The summed E-state index contributed by atoms with van der Waals surface area (Å²) in [6.07, 6.45) is 1.83. The lowest BCUT2D eigenvalue weighted by molar-refractivity contribution is 0.680. The average Bonchev–Trinajstić information content (AvgIpc) is 2.54. The Labute approximate surface area is 82.4 Å². The quantitative estimate of drug-likeness (QED) is 0.798. The summed E-state index contributed by atoms with van der Waals surface area (Å²) in [5.41, 5.74) is -0.462. The Hall–Kier alpha value is -0.920. The number of rotatable bonds is 3. The molecular formula is C9H13N3S. The SMILES string of the molecule is CNCc1cnc(C(C)(C)C#N)s1. The van der Waals surface area contributed by atoms with Gasteiger partial charge in [0.25, 0.3) is 0 Å². The Kier molecular flexibility index (Phi) is 3.02. The summed E-state index contributed by atoms with van der Waals surface area (Å²) >= 11 is 1.59. The number of nitriles is 1. The Morgan fingerprint density at radius 3 is 2.92 bits per heavy atom. The number of nitrogens with zero attached hydrogens (tertiary/aromatic N) is 2. The van der Waals surface area contributed by atoms with Crippen LogP contribution in [0.4, 0.5) is 0 Å². The van der Waals surface area contributed by atoms with Gasteiger partial charge in [-0.3, -0.25) is 0 Å². The highest BCUT2D eigenvalue weighted by molar-refractivity contribution is 7.11. The Morgan fingerprint density at radius 2 is 2.38 bits per heavy atom. The minimum absolute atomic E-state index is 0.462. The van der Waals surface area contributed by atoms with Crippen molar-refractivity contribution >= 4 is 11.3 Å². The smallest absolute Gasteiger partial charge is 0.113 e. The van der Waals surface area contributed by atoms with Crippen LogP contribution in [0.1, 0.15) is 23.7 Å². The van der Waals surface area contributed by atoms with Gasteiger partial charge in [-0.05, 0) is 20.9 Å². The van der Waals surface area contributed by atoms with Gasteiger partial charge in [-0.1, -0.05) is 0 Å². The maximum absolute atomic E-state index is 8.89. The van der Waals surface area contributed by atoms with Crippen molar-refractivity contribution in [1.29, 1.82) is 5.26 Å². The van der Waals surface area contributed by atoms with E-state index < -0.39 is 5.41 Å². The molecule has 0 fully saturated rings. The summed E-state index contributed by atoms with van der Waals surface area (Å²) in [6, 6.07) is 2.24. The van der Waals surface area contributed by atoms with Gasteiger partial charge >= 0.3 is 0 Å². The second-order valence-corrected chi connectivity index (χ2v) is 4.51. The fraction of sp³-hybridized carbons (Fsp3) is 0.556. The molecule has 1 rings (SSSR count). The lowest BCUT2D eigenvalue weighted by Gasteiger charge is -2.09. The second-order valence-electron chi connectivity index (χ2n) is 3.40. The zero-order valence-corrected chi connectivity index (χ0v) is 8.90. The lowest BCUT2D eigenvalue weighted by atomic mass is 9.97. The van der Waals surface area contributed by atoms with E-state index in [9.17, 15) is 0 Å². The van der Waals surface area contributed by atoms with Crippen LogP contribution in [0.25, 0.3) is 0 Å². The second kappa shape index (κ2) is 3.86. The van der Waals surface area contributed by atoms with E-state index in [4.69, 9.17) is 5.26 Å². The molecular weight excluding hydrogens is 182 g/mol. The molecule has 1 aromatic rings. The lowest BCUT2D eigenvalue weighted by Crippen LogP contribution is -2.12. The molecule has 4 heteroatoms. The average molecular weight is 195 g/mol. The first-order chi connectivity index (χ1) is 6.10. The van der Waals surface area contributed by atoms with E-state index in [2.05, 4.69) is 16.4 Å². The summed E-state index contributed by atoms with van der Waals surface area (Å²) in [7, 11) is 1.90. The van der Waals surface area contributed by atoms with Crippen LogP contribution in [0.2, 0.25) is 0 Å². The molecule has 0 saturated carbocycles. The molecule has 0 atom stereocenters. The molecule has 1 aromatic heterocycles. The summed E-state index contributed by atoms with van der Waals surface area (Å²) in [4.78, 5) is 5.40. The minimum atomic E-state index is -0.462. The molecule has 0 aromatic carbocycles. The standard InChI is InChI=1S/C9H13N3S/c1-9(2,6-10)8-12-5-7(13-8)4-11-3/h5,11H,4H2,1-3H3. The summed E-state index contributed by atoms with van der Waals surface area (Å²) in [6.45, 7) is 4.59. The van der Waals surface area contributed by atoms with Crippen molar-refractivity contribution in [3.05, 3.63) is 16.1 Å². The zero-order chi connectivity index (χ0) is 9.90. The van der Waals surface area contributed by atoms with Crippen LogP contribution >= 0.6 is 11.3 Å². The van der Waals surface area contributed by atoms with Crippen molar-refractivity contribution in [1.82, 2.24) is 10.3 Å². The monoisotopic (exact) mass is 195 g/mol. The molecule has 0 aliphatic carbocycles. The molecule has 13 heavy (non-hydrogen) atoms. The van der Waals surface area contributed by atoms with Crippen molar-refractivity contribution in [3.63, 3.8) is 0 Å². The Bertz CT molecular complexity index is 322. The maximum atomic E-state index is 8.89. The highest BCUT2D eigenvalue weighted by Gasteiger charge is 2.23. The van der Waals surface area contributed by atoms with Crippen LogP contribution < -0.4 is 5.32 Å². The van der Waals surface area contributed by atoms with Crippen LogP contribution in [-0.4, -0.2) is 12.0 Å². The van der Waals surface area contributed by atoms with Gasteiger partial charge in [-0.15, -0.1) is 11.3 Å². The number of aromatic nitrogens is 1.